The molecular weight excluding hydrogens is 172 g/mol. The molecule has 0 heterocycles. The van der Waals surface area contributed by atoms with E-state index in [1.807, 2.05) is 0 Å². The van der Waals surface area contributed by atoms with Gasteiger partial charge in [-0.15, -0.1) is 0 Å². The minimum Gasteiger partial charge on any atom is -0.481 e. The highest BCUT2D eigenvalue weighted by atomic mass is 16.4. The van der Waals surface area contributed by atoms with E-state index in [9.17, 15) is 4.79 Å². The first-order chi connectivity index (χ1) is 6.20. The zero-order valence-electron chi connectivity index (χ0n) is 7.31. The third kappa shape index (κ3) is 7.24. The summed E-state index contributed by atoms with van der Waals surface area (Å²) in [5.41, 5.74) is 0.721. The first-order valence-electron chi connectivity index (χ1n) is 3.99. The smallest absolute Gasteiger partial charge is 0.303 e. The minimum absolute atomic E-state index is 0.0294. The zero-order chi connectivity index (χ0) is 10.1. The topological polar surface area (TPSA) is 77.8 Å². The predicted octanol–water partition coefficient (Wildman–Crippen LogP) is 0.318. The Kier molecular flexibility index (Phi) is 6.86. The summed E-state index contributed by atoms with van der Waals surface area (Å²) in [5, 5.41) is 25.4. The Bertz CT molecular complexity index is 206. The molecule has 0 aliphatic rings. The van der Waals surface area contributed by atoms with Gasteiger partial charge < -0.3 is 15.3 Å². The number of hydrogen-bond donors (Lipinski definition) is 3. The molecular formula is C9H14O4. The molecule has 0 saturated heterocycles. The molecule has 3 N–H and O–H groups in total. The molecule has 0 aliphatic heterocycles. The van der Waals surface area contributed by atoms with Crippen LogP contribution in [0.1, 0.15) is 12.8 Å². The normalized spacial score (nSPS) is 12.3. The second-order valence-corrected chi connectivity index (χ2v) is 2.44. The van der Waals surface area contributed by atoms with Crippen LogP contribution in [0.2, 0.25) is 0 Å². The van der Waals surface area contributed by atoms with E-state index in [-0.39, 0.29) is 19.6 Å². The van der Waals surface area contributed by atoms with Crippen LogP contribution in [0.25, 0.3) is 0 Å². The van der Waals surface area contributed by atoms with Crippen molar-refractivity contribution in [3.05, 3.63) is 23.8 Å². The van der Waals surface area contributed by atoms with Crippen LogP contribution in [0.4, 0.5) is 0 Å². The maximum Gasteiger partial charge on any atom is 0.303 e. The van der Waals surface area contributed by atoms with Crippen molar-refractivity contribution in [1.82, 2.24) is 0 Å². The Morgan fingerprint density at radius 2 is 1.85 bits per heavy atom. The number of aliphatic carboxylic acids is 1. The lowest BCUT2D eigenvalue weighted by atomic mass is 10.1. The fourth-order valence-corrected chi connectivity index (χ4v) is 0.826. The molecule has 0 amide bonds. The number of carboxylic acids is 1. The largest absolute Gasteiger partial charge is 0.481 e. The van der Waals surface area contributed by atoms with E-state index >= 15 is 0 Å². The number of aliphatic hydroxyl groups is 2. The predicted molar refractivity (Wildman–Crippen MR) is 48.3 cm³/mol. The van der Waals surface area contributed by atoms with E-state index in [0.717, 1.165) is 5.57 Å². The second-order valence-electron chi connectivity index (χ2n) is 2.44. The van der Waals surface area contributed by atoms with Gasteiger partial charge in [0, 0.05) is 6.42 Å². The van der Waals surface area contributed by atoms with Crippen LogP contribution < -0.4 is 0 Å². The highest BCUT2D eigenvalue weighted by Crippen LogP contribution is 2.06. The van der Waals surface area contributed by atoms with E-state index in [1.165, 1.54) is 12.2 Å². The minimum atomic E-state index is -0.874. The summed E-state index contributed by atoms with van der Waals surface area (Å²) in [6.07, 6.45) is 5.03. The van der Waals surface area contributed by atoms with Crippen LogP contribution in [0.15, 0.2) is 23.8 Å². The molecule has 0 radical (unpaired) electrons. The van der Waals surface area contributed by atoms with Gasteiger partial charge in [0.05, 0.1) is 13.2 Å². The summed E-state index contributed by atoms with van der Waals surface area (Å²) < 4.78 is 0. The molecule has 4 heteroatoms. The van der Waals surface area contributed by atoms with Gasteiger partial charge in [-0.2, -0.15) is 0 Å². The molecule has 0 rings (SSSR count). The molecule has 0 aromatic rings. The highest BCUT2D eigenvalue weighted by Gasteiger charge is 1.98. The maximum absolute atomic E-state index is 10.2. The average molecular weight is 186 g/mol. The number of rotatable bonds is 6. The summed E-state index contributed by atoms with van der Waals surface area (Å²) in [4.78, 5) is 10.2. The first kappa shape index (κ1) is 11.9. The Hall–Kier alpha value is -1.13. The van der Waals surface area contributed by atoms with E-state index in [1.54, 1.807) is 6.08 Å². The SMILES string of the molecule is O=C(O)CCC(/C=C\CO)=C/CO. The molecule has 0 spiro atoms. The van der Waals surface area contributed by atoms with Gasteiger partial charge >= 0.3 is 5.97 Å². The lowest BCUT2D eigenvalue weighted by Crippen LogP contribution is -1.95. The maximum atomic E-state index is 10.2. The van der Waals surface area contributed by atoms with Crippen molar-refractivity contribution in [2.75, 3.05) is 13.2 Å². The summed E-state index contributed by atoms with van der Waals surface area (Å²) in [6.45, 7) is -0.208. The summed E-state index contributed by atoms with van der Waals surface area (Å²) in [5.74, 6) is -0.874. The molecule has 74 valence electrons. The molecule has 0 fully saturated rings. The first-order valence-corrected chi connectivity index (χ1v) is 3.99. The van der Waals surface area contributed by atoms with Crippen molar-refractivity contribution >= 4 is 5.97 Å². The van der Waals surface area contributed by atoms with Crippen molar-refractivity contribution < 1.29 is 20.1 Å². The van der Waals surface area contributed by atoms with E-state index < -0.39 is 5.97 Å². The standard InChI is InChI=1S/C9H14O4/c10-6-1-2-8(5-7-11)3-4-9(12)13/h1-2,5,10-11H,3-4,6-7H2,(H,12,13)/b2-1-,8-5+. The number of aliphatic hydroxyl groups excluding tert-OH is 2. The Morgan fingerprint density at radius 1 is 1.15 bits per heavy atom. The van der Waals surface area contributed by atoms with Crippen LogP contribution in [-0.2, 0) is 4.79 Å². The van der Waals surface area contributed by atoms with Crippen molar-refractivity contribution in [2.24, 2.45) is 0 Å². The molecule has 4 nitrogen and oxygen atoms in total. The Morgan fingerprint density at radius 3 is 2.31 bits per heavy atom. The van der Waals surface area contributed by atoms with Crippen LogP contribution >= 0.6 is 0 Å². The number of hydrogen-bond acceptors (Lipinski definition) is 3. The van der Waals surface area contributed by atoms with Gasteiger partial charge in [0.25, 0.3) is 0 Å². The zero-order valence-corrected chi connectivity index (χ0v) is 7.31. The lowest BCUT2D eigenvalue weighted by Gasteiger charge is -1.98. The van der Waals surface area contributed by atoms with Crippen molar-refractivity contribution in [3.63, 3.8) is 0 Å². The van der Waals surface area contributed by atoms with E-state index in [2.05, 4.69) is 0 Å². The third-order valence-electron chi connectivity index (χ3n) is 1.42. The van der Waals surface area contributed by atoms with E-state index in [0.29, 0.717) is 6.42 Å². The monoisotopic (exact) mass is 186 g/mol. The van der Waals surface area contributed by atoms with Gasteiger partial charge in [0.1, 0.15) is 0 Å². The Labute approximate surface area is 76.8 Å². The number of carboxylic acid groups (broad SMARTS) is 1. The molecule has 0 aromatic carbocycles. The summed E-state index contributed by atoms with van der Waals surface area (Å²) in [6, 6.07) is 0. The average Bonchev–Trinajstić information content (AvgIpc) is 2.09. The van der Waals surface area contributed by atoms with Crippen molar-refractivity contribution in [3.8, 4) is 0 Å². The molecule has 0 atom stereocenters. The van der Waals surface area contributed by atoms with Crippen LogP contribution in [-0.4, -0.2) is 34.5 Å². The van der Waals surface area contributed by atoms with Gasteiger partial charge in [-0.1, -0.05) is 18.2 Å². The summed E-state index contributed by atoms with van der Waals surface area (Å²) >= 11 is 0. The van der Waals surface area contributed by atoms with Crippen LogP contribution in [0.3, 0.4) is 0 Å². The van der Waals surface area contributed by atoms with E-state index in [4.69, 9.17) is 15.3 Å². The fourth-order valence-electron chi connectivity index (χ4n) is 0.826. The summed E-state index contributed by atoms with van der Waals surface area (Å²) in [7, 11) is 0. The fraction of sp³-hybridized carbons (Fsp3) is 0.444. The lowest BCUT2D eigenvalue weighted by molar-refractivity contribution is -0.136. The molecule has 0 bridgehead atoms. The van der Waals surface area contributed by atoms with Crippen molar-refractivity contribution in [2.45, 2.75) is 12.8 Å². The van der Waals surface area contributed by atoms with Crippen LogP contribution in [0.5, 0.6) is 0 Å². The van der Waals surface area contributed by atoms with Gasteiger partial charge in [0.15, 0.2) is 0 Å². The number of allylic oxidation sites excluding steroid dienone is 2. The quantitative estimate of drug-likeness (QED) is 0.522. The number of carbonyl (C=O) groups is 1. The Balaban J connectivity index is 4.03. The molecule has 0 unspecified atom stereocenters. The highest BCUT2D eigenvalue weighted by molar-refractivity contribution is 5.67. The third-order valence-corrected chi connectivity index (χ3v) is 1.42. The molecule has 0 aliphatic carbocycles. The van der Waals surface area contributed by atoms with Gasteiger partial charge in [-0.05, 0) is 12.0 Å². The second kappa shape index (κ2) is 7.52. The van der Waals surface area contributed by atoms with Gasteiger partial charge in [-0.25, -0.2) is 0 Å². The van der Waals surface area contributed by atoms with Gasteiger partial charge in [0.2, 0.25) is 0 Å². The van der Waals surface area contributed by atoms with Crippen molar-refractivity contribution in [1.29, 1.82) is 0 Å². The molecule has 0 aromatic heterocycles. The van der Waals surface area contributed by atoms with Gasteiger partial charge in [-0.3, -0.25) is 4.79 Å². The molecule has 13 heavy (non-hydrogen) atoms. The molecule has 0 saturated carbocycles. The van der Waals surface area contributed by atoms with Crippen LogP contribution in [0, 0.1) is 0 Å².